The average molecular weight is 848 g/mol. The second-order valence-corrected chi connectivity index (χ2v) is 18.6. The van der Waals surface area contributed by atoms with Gasteiger partial charge in [0, 0.05) is 53.2 Å². The molecule has 4 heteroatoms. The van der Waals surface area contributed by atoms with Crippen LogP contribution in [-0.2, 0) is 21.7 Å². The largest absolute Gasteiger partial charge is 0.507 e. The van der Waals surface area contributed by atoms with Gasteiger partial charge in [-0.1, -0.05) is 173 Å². The Morgan fingerprint density at radius 3 is 1.89 bits per heavy atom. The Kier molecular flexibility index (Phi) is 6.63. The van der Waals surface area contributed by atoms with Crippen molar-refractivity contribution in [1.82, 2.24) is 14.5 Å². The molecule has 0 saturated carbocycles. The Balaban J connectivity index is 1.59. The van der Waals surface area contributed by atoms with E-state index in [0.717, 1.165) is 50.6 Å². The summed E-state index contributed by atoms with van der Waals surface area (Å²) in [5.41, 5.74) is -2.96. The molecule has 2 heterocycles. The summed E-state index contributed by atoms with van der Waals surface area (Å²) in [5.74, 6) is -1.74. The number of nitrogens with zero attached hydrogens (tertiary/aromatic N) is 3. The van der Waals surface area contributed by atoms with Gasteiger partial charge in [-0.2, -0.15) is 0 Å². The SMILES string of the molecule is [2H]C([2H])([2H])C(c1cc(-c2nc3c(-c4cc(-c5cc(-c6ccc(C)cc6)ccn5)cc(C(C)(C)C)c4)cccc3n2-c2ccc(-c3ccccc3)c(C(C)(C)C)c2)c(O)c(C(C([2H])([2H])[2H])(C([2H])([2H])[2H])C([2H])([2H])[2H])c1)(C([2H])([2H])[2H])C([2H])([2H])[2H]. The predicted octanol–water partition coefficient (Wildman–Crippen LogP) is 16.0. The number of rotatable bonds is 6. The quantitative estimate of drug-likeness (QED) is 0.181. The zero-order valence-corrected chi connectivity index (χ0v) is 36.6. The molecule has 0 aliphatic carbocycles. The van der Waals surface area contributed by atoms with E-state index in [1.807, 2.05) is 146 Å². The van der Waals surface area contributed by atoms with E-state index in [-0.39, 0.29) is 5.52 Å². The van der Waals surface area contributed by atoms with Crippen LogP contribution in [0, 0.1) is 6.92 Å². The third-order valence-electron chi connectivity index (χ3n) is 11.6. The van der Waals surface area contributed by atoms with Crippen LogP contribution < -0.4 is 0 Å². The summed E-state index contributed by atoms with van der Waals surface area (Å²) < 4.78 is 159. The van der Waals surface area contributed by atoms with Gasteiger partial charge < -0.3 is 5.11 Å². The van der Waals surface area contributed by atoms with E-state index < -0.39 is 91.0 Å². The van der Waals surface area contributed by atoms with Gasteiger partial charge in [-0.15, -0.1) is 0 Å². The minimum atomic E-state index is -4.13. The van der Waals surface area contributed by atoms with Crippen molar-refractivity contribution in [3.8, 4) is 67.5 Å². The van der Waals surface area contributed by atoms with Crippen molar-refractivity contribution in [2.75, 3.05) is 0 Å². The molecule has 0 unspecified atom stereocenters. The number of phenolic OH excluding ortho intramolecular Hbond substituents is 1. The number of imidazole rings is 1. The molecule has 0 spiro atoms. The molecule has 8 aromatic rings. The minimum absolute atomic E-state index is 0.198. The summed E-state index contributed by atoms with van der Waals surface area (Å²) in [6.07, 6.45) is 1.73. The summed E-state index contributed by atoms with van der Waals surface area (Å²) in [7, 11) is 0. The molecule has 0 aliphatic rings. The maximum Gasteiger partial charge on any atom is 0.149 e. The van der Waals surface area contributed by atoms with E-state index in [4.69, 9.17) is 34.6 Å². The number of phenols is 1. The van der Waals surface area contributed by atoms with Gasteiger partial charge in [-0.05, 0) is 122 Å². The van der Waals surface area contributed by atoms with Crippen LogP contribution in [-0.4, -0.2) is 19.6 Å². The lowest BCUT2D eigenvalue weighted by Gasteiger charge is -2.28. The van der Waals surface area contributed by atoms with Gasteiger partial charge in [0.2, 0.25) is 0 Å². The molecule has 0 bridgehead atoms. The molecule has 8 rings (SSSR count). The molecule has 0 saturated heterocycles. The van der Waals surface area contributed by atoms with Crippen molar-refractivity contribution in [2.45, 2.75) is 111 Å². The van der Waals surface area contributed by atoms with E-state index in [9.17, 15) is 5.11 Å². The van der Waals surface area contributed by atoms with Gasteiger partial charge in [0.05, 0.1) is 22.3 Å². The number of aromatic nitrogens is 3. The van der Waals surface area contributed by atoms with Crippen molar-refractivity contribution < 1.29 is 29.8 Å². The third kappa shape index (κ3) is 8.61. The monoisotopic (exact) mass is 848 g/mol. The summed E-state index contributed by atoms with van der Waals surface area (Å²) >= 11 is 0. The molecule has 0 atom stereocenters. The molecule has 0 aliphatic heterocycles. The lowest BCUT2D eigenvalue weighted by molar-refractivity contribution is 0.446. The molecule has 320 valence electrons. The molecule has 6 aromatic carbocycles. The highest BCUT2D eigenvalue weighted by molar-refractivity contribution is 5.97. The van der Waals surface area contributed by atoms with Crippen molar-refractivity contribution in [1.29, 1.82) is 0 Å². The number of aromatic hydroxyl groups is 1. The summed E-state index contributed by atoms with van der Waals surface area (Å²) in [6, 6.07) is 39.2. The number of fused-ring (bicyclic) bond motifs is 1. The molecular formula is C59H63N3O. The molecule has 4 nitrogen and oxygen atoms in total. The second kappa shape index (κ2) is 15.8. The lowest BCUT2D eigenvalue weighted by atomic mass is 9.78. The van der Waals surface area contributed by atoms with Crippen LogP contribution in [0.15, 0.2) is 140 Å². The van der Waals surface area contributed by atoms with Crippen LogP contribution in [0.2, 0.25) is 0 Å². The number of hydrogen-bond acceptors (Lipinski definition) is 3. The standard InChI is InChI=1S/C59H63N3O/c1-37-22-24-38(25-23-37)40-28-29-60-51(33-40)42-30-41(31-43(32-42)56(2,3)4)47-20-17-21-52-53(47)61-55(48-34-44(57(5,6)7)35-50(54(48)63)59(11,12)13)62(52)45-26-27-46(39-18-15-14-16-19-39)49(36-45)58(8,9)10/h14-36,63H,1-13H3/i5D3,6D3,7D3,11D3,12D3,13D3. The van der Waals surface area contributed by atoms with E-state index in [0.29, 0.717) is 34.1 Å². The first-order valence-electron chi connectivity index (χ1n) is 29.9. The fraction of sp³-hybridized carbons (Fsp3) is 0.288. The van der Waals surface area contributed by atoms with Crippen molar-refractivity contribution in [2.24, 2.45) is 0 Å². The van der Waals surface area contributed by atoms with Crippen LogP contribution in [0.1, 0.15) is 135 Å². The third-order valence-corrected chi connectivity index (χ3v) is 11.6. The first-order valence-corrected chi connectivity index (χ1v) is 20.9. The van der Waals surface area contributed by atoms with Gasteiger partial charge in [-0.25, -0.2) is 4.98 Å². The zero-order chi connectivity index (χ0) is 60.2. The van der Waals surface area contributed by atoms with Gasteiger partial charge in [0.15, 0.2) is 0 Å². The van der Waals surface area contributed by atoms with Crippen molar-refractivity contribution >= 4 is 11.0 Å². The zero-order valence-electron chi connectivity index (χ0n) is 54.6. The Morgan fingerprint density at radius 2 is 1.21 bits per heavy atom. The number of para-hydroxylation sites is 1. The molecule has 0 fully saturated rings. The Morgan fingerprint density at radius 1 is 0.508 bits per heavy atom. The first kappa shape index (κ1) is 26.4. The summed E-state index contributed by atoms with van der Waals surface area (Å²) in [6.45, 7) is -10.3. The molecule has 63 heavy (non-hydrogen) atoms. The Bertz CT molecular complexity index is 3590. The highest BCUT2D eigenvalue weighted by atomic mass is 16.3. The second-order valence-electron chi connectivity index (χ2n) is 18.6. The van der Waals surface area contributed by atoms with Crippen molar-refractivity contribution in [3.05, 3.63) is 167 Å². The Labute approximate surface area is 401 Å². The molecular weight excluding hydrogens is 767 g/mol. The number of benzene rings is 6. The van der Waals surface area contributed by atoms with Gasteiger partial charge in [0.1, 0.15) is 11.6 Å². The maximum absolute atomic E-state index is 13.0. The number of aryl methyl sites for hydroxylation is 1. The van der Waals surface area contributed by atoms with Crippen molar-refractivity contribution in [3.63, 3.8) is 0 Å². The molecule has 2 aromatic heterocycles. The van der Waals surface area contributed by atoms with Crippen LogP contribution in [0.25, 0.3) is 72.7 Å². The normalized spacial score (nSPS) is 18.0. The van der Waals surface area contributed by atoms with E-state index in [1.165, 1.54) is 4.57 Å². The highest BCUT2D eigenvalue weighted by Crippen LogP contribution is 2.46. The van der Waals surface area contributed by atoms with E-state index in [2.05, 4.69) is 0 Å². The highest BCUT2D eigenvalue weighted by Gasteiger charge is 2.30. The molecule has 0 amide bonds. The van der Waals surface area contributed by atoms with Crippen LogP contribution in [0.4, 0.5) is 0 Å². The molecule has 0 radical (unpaired) electrons. The number of pyridine rings is 1. The Hall–Kier alpha value is -6.26. The maximum atomic E-state index is 13.0. The molecule has 1 N–H and O–H groups in total. The smallest absolute Gasteiger partial charge is 0.149 e. The topological polar surface area (TPSA) is 50.9 Å². The van der Waals surface area contributed by atoms with Gasteiger partial charge in [0.25, 0.3) is 0 Å². The van der Waals surface area contributed by atoms with Crippen LogP contribution >= 0.6 is 0 Å². The average Bonchev–Trinajstić information content (AvgIpc) is 3.66. The van der Waals surface area contributed by atoms with Gasteiger partial charge in [-0.3, -0.25) is 9.55 Å². The minimum Gasteiger partial charge on any atom is -0.507 e. The van der Waals surface area contributed by atoms with Crippen LogP contribution in [0.3, 0.4) is 0 Å². The summed E-state index contributed by atoms with van der Waals surface area (Å²) in [5, 5.41) is 13.0. The van der Waals surface area contributed by atoms with E-state index >= 15 is 0 Å². The number of hydrogen-bond donors (Lipinski definition) is 1. The first-order chi connectivity index (χ1) is 37.1. The van der Waals surface area contributed by atoms with E-state index in [1.54, 1.807) is 30.5 Å². The predicted molar refractivity (Wildman–Crippen MR) is 267 cm³/mol. The van der Waals surface area contributed by atoms with Gasteiger partial charge >= 0.3 is 0 Å². The van der Waals surface area contributed by atoms with Crippen LogP contribution in [0.5, 0.6) is 5.75 Å². The fourth-order valence-electron chi connectivity index (χ4n) is 8.12. The lowest BCUT2D eigenvalue weighted by Crippen LogP contribution is -2.17. The summed E-state index contributed by atoms with van der Waals surface area (Å²) in [4.78, 5) is 10.00. The fourth-order valence-corrected chi connectivity index (χ4v) is 8.12.